The van der Waals surface area contributed by atoms with Crippen LogP contribution in [0.4, 0.5) is 0 Å². The number of hydrogen-bond donors (Lipinski definition) is 0. The van der Waals surface area contributed by atoms with Crippen molar-refractivity contribution in [3.05, 3.63) is 12.2 Å². The predicted octanol–water partition coefficient (Wildman–Crippen LogP) is -3.21. The first-order chi connectivity index (χ1) is 6.56. The van der Waals surface area contributed by atoms with E-state index in [0.29, 0.717) is 0 Å². The molecule has 0 spiro atoms. The summed E-state index contributed by atoms with van der Waals surface area (Å²) in [6, 6.07) is 0. The molecule has 5 heteroatoms. The SMILES string of the molecule is C[I-]C(=O)C(C)CN1C(=O)C=CC1=O. The van der Waals surface area contributed by atoms with Gasteiger partial charge >= 0.3 is 92.6 Å². The van der Waals surface area contributed by atoms with Gasteiger partial charge in [0.05, 0.1) is 0 Å². The van der Waals surface area contributed by atoms with E-state index in [1.54, 1.807) is 6.92 Å². The van der Waals surface area contributed by atoms with Gasteiger partial charge in [0.2, 0.25) is 0 Å². The molecule has 14 heavy (non-hydrogen) atoms. The summed E-state index contributed by atoms with van der Waals surface area (Å²) in [5.41, 5.74) is 0. The Morgan fingerprint density at radius 3 is 2.36 bits per heavy atom. The predicted molar refractivity (Wildman–Crippen MR) is 46.0 cm³/mol. The molecule has 0 saturated carbocycles. The van der Waals surface area contributed by atoms with Crippen LogP contribution in [0.2, 0.25) is 0 Å². The molecule has 1 unspecified atom stereocenters. The number of carbonyl (C=O) groups excluding carboxylic acids is 3. The van der Waals surface area contributed by atoms with Gasteiger partial charge in [0, 0.05) is 0 Å². The van der Waals surface area contributed by atoms with Crippen LogP contribution >= 0.6 is 0 Å². The van der Waals surface area contributed by atoms with Crippen molar-refractivity contribution in [1.82, 2.24) is 4.90 Å². The molecule has 1 aliphatic heterocycles. The number of halogens is 1. The fourth-order valence-corrected chi connectivity index (χ4v) is 2.40. The fourth-order valence-electron chi connectivity index (χ4n) is 1.14. The molecule has 0 N–H and O–H groups in total. The first-order valence-electron chi connectivity index (χ1n) is 4.13. The van der Waals surface area contributed by atoms with Crippen molar-refractivity contribution in [3.63, 3.8) is 0 Å². The molecule has 0 saturated heterocycles. The Balaban J connectivity index is 2.57. The molecule has 0 aromatic carbocycles. The summed E-state index contributed by atoms with van der Waals surface area (Å²) in [5.74, 6) is -0.853. The van der Waals surface area contributed by atoms with Gasteiger partial charge < -0.3 is 0 Å². The monoisotopic (exact) mass is 308 g/mol. The molecule has 0 aliphatic carbocycles. The molecule has 1 rings (SSSR count). The van der Waals surface area contributed by atoms with Gasteiger partial charge in [-0.25, -0.2) is 0 Å². The van der Waals surface area contributed by atoms with Crippen LogP contribution in [-0.2, 0) is 14.4 Å². The third kappa shape index (κ3) is 2.40. The molecular formula is C9H11INO3-. The maximum absolute atomic E-state index is 11.3. The summed E-state index contributed by atoms with van der Waals surface area (Å²) in [5, 5.41) is 0. The van der Waals surface area contributed by atoms with E-state index in [1.165, 1.54) is 12.2 Å². The average molecular weight is 308 g/mol. The fraction of sp³-hybridized carbons (Fsp3) is 0.444. The molecule has 0 bridgehead atoms. The summed E-state index contributed by atoms with van der Waals surface area (Å²) >= 11 is -0.455. The molecule has 0 radical (unpaired) electrons. The van der Waals surface area contributed by atoms with Crippen LogP contribution in [0.25, 0.3) is 0 Å². The molecule has 1 heterocycles. The summed E-state index contributed by atoms with van der Waals surface area (Å²) in [6.45, 7) is 1.97. The van der Waals surface area contributed by atoms with E-state index < -0.39 is 21.2 Å². The average Bonchev–Trinajstić information content (AvgIpc) is 2.48. The van der Waals surface area contributed by atoms with Gasteiger partial charge in [-0.15, -0.1) is 0 Å². The van der Waals surface area contributed by atoms with Gasteiger partial charge in [0.1, 0.15) is 0 Å². The third-order valence-electron chi connectivity index (χ3n) is 1.93. The Morgan fingerprint density at radius 1 is 1.43 bits per heavy atom. The molecule has 0 aromatic heterocycles. The minimum absolute atomic E-state index is 0.177. The van der Waals surface area contributed by atoms with Crippen molar-refractivity contribution in [2.45, 2.75) is 6.92 Å². The normalized spacial score (nSPS) is 18.0. The van der Waals surface area contributed by atoms with E-state index in [4.69, 9.17) is 0 Å². The van der Waals surface area contributed by atoms with E-state index in [9.17, 15) is 14.4 Å². The Bertz CT molecular complexity index is 293. The number of rotatable bonds is 4. The first kappa shape index (κ1) is 11.4. The van der Waals surface area contributed by atoms with E-state index in [0.717, 1.165) is 4.90 Å². The number of imide groups is 1. The van der Waals surface area contributed by atoms with Crippen molar-refractivity contribution < 1.29 is 35.6 Å². The number of amides is 2. The molecule has 0 aromatic rings. The topological polar surface area (TPSA) is 54.5 Å². The van der Waals surface area contributed by atoms with E-state index >= 15 is 0 Å². The van der Waals surface area contributed by atoms with Crippen LogP contribution in [0, 0.1) is 5.92 Å². The van der Waals surface area contributed by atoms with Gasteiger partial charge in [-0.1, -0.05) is 0 Å². The molecule has 1 aliphatic rings. The van der Waals surface area contributed by atoms with Crippen molar-refractivity contribution in [3.8, 4) is 0 Å². The zero-order valence-electron chi connectivity index (χ0n) is 7.99. The Kier molecular flexibility index (Phi) is 3.79. The van der Waals surface area contributed by atoms with Crippen molar-refractivity contribution >= 4 is 15.6 Å². The van der Waals surface area contributed by atoms with Crippen LogP contribution in [0.5, 0.6) is 0 Å². The first-order valence-corrected chi connectivity index (χ1v) is 7.36. The van der Waals surface area contributed by atoms with Crippen molar-refractivity contribution in [2.75, 3.05) is 11.5 Å². The van der Waals surface area contributed by atoms with Crippen LogP contribution in [-0.4, -0.2) is 32.0 Å². The van der Waals surface area contributed by atoms with E-state index in [-0.39, 0.29) is 28.1 Å². The molecule has 0 fully saturated rings. The second-order valence-electron chi connectivity index (χ2n) is 3.01. The number of carbonyl (C=O) groups is 3. The Hall–Kier alpha value is -0.720. The van der Waals surface area contributed by atoms with Crippen molar-refractivity contribution in [1.29, 1.82) is 0 Å². The maximum atomic E-state index is 11.3. The summed E-state index contributed by atoms with van der Waals surface area (Å²) in [7, 11) is 0. The van der Waals surface area contributed by atoms with Gasteiger partial charge in [-0.2, -0.15) is 0 Å². The van der Waals surface area contributed by atoms with Gasteiger partial charge in [-0.05, 0) is 0 Å². The van der Waals surface area contributed by atoms with Gasteiger partial charge in [-0.3, -0.25) is 0 Å². The summed E-state index contributed by atoms with van der Waals surface area (Å²) in [4.78, 5) is 36.6. The minimum atomic E-state index is -0.455. The molecule has 2 amide bonds. The summed E-state index contributed by atoms with van der Waals surface area (Å²) < 4.78 is 0.177. The summed E-state index contributed by atoms with van der Waals surface area (Å²) in [6.07, 6.45) is 2.47. The van der Waals surface area contributed by atoms with Crippen LogP contribution in [0.3, 0.4) is 0 Å². The zero-order chi connectivity index (χ0) is 10.7. The van der Waals surface area contributed by atoms with Crippen LogP contribution in [0.15, 0.2) is 12.2 Å². The number of nitrogens with zero attached hydrogens (tertiary/aromatic N) is 1. The number of alkyl halides is 1. The molecule has 4 nitrogen and oxygen atoms in total. The van der Waals surface area contributed by atoms with E-state index in [2.05, 4.69) is 0 Å². The van der Waals surface area contributed by atoms with Crippen LogP contribution in [0.1, 0.15) is 6.92 Å². The van der Waals surface area contributed by atoms with Crippen molar-refractivity contribution in [2.24, 2.45) is 5.92 Å². The second-order valence-corrected chi connectivity index (χ2v) is 5.16. The van der Waals surface area contributed by atoms with Gasteiger partial charge in [0.15, 0.2) is 0 Å². The molecule has 1 atom stereocenters. The zero-order valence-corrected chi connectivity index (χ0v) is 10.1. The number of hydrogen-bond acceptors (Lipinski definition) is 3. The van der Waals surface area contributed by atoms with Gasteiger partial charge in [0.25, 0.3) is 0 Å². The quantitative estimate of drug-likeness (QED) is 0.238. The van der Waals surface area contributed by atoms with E-state index in [1.807, 2.05) is 4.93 Å². The standard InChI is InChI=1S/C9H11INO3/c1-6(9(14)10-2)5-11-7(12)3-4-8(11)13/h3-4,6H,5H2,1-2H3/q-1. The molecular weight excluding hydrogens is 297 g/mol. The Morgan fingerprint density at radius 2 is 1.93 bits per heavy atom. The second kappa shape index (κ2) is 4.68. The molecule has 78 valence electrons. The Labute approximate surface area is 92.6 Å². The third-order valence-corrected chi connectivity index (χ3v) is 4.06. The van der Waals surface area contributed by atoms with Crippen LogP contribution < -0.4 is 21.2 Å².